The highest BCUT2D eigenvalue weighted by atomic mass is 16.6. The van der Waals surface area contributed by atoms with Crippen LogP contribution in [0.5, 0.6) is 0 Å². The van der Waals surface area contributed by atoms with Crippen LogP contribution in [0.25, 0.3) is 0 Å². The molecule has 0 aliphatic carbocycles. The molecule has 3 amide bonds. The minimum absolute atomic E-state index is 0.119. The molecule has 1 heterocycles. The zero-order valence-electron chi connectivity index (χ0n) is 22.5. The van der Waals surface area contributed by atoms with Crippen LogP contribution in [-0.2, 0) is 14.3 Å². The fraction of sp³-hybridized carbons (Fsp3) is 0.379. The number of carbonyl (C=O) groups is 4. The zero-order valence-corrected chi connectivity index (χ0v) is 22.5. The largest absolute Gasteiger partial charge is 0.444 e. The molecule has 0 spiro atoms. The SMILES string of the molecule is CC(C)=CC(=O)N1CC(NC(=O)OC(C)(C)C)C(=O)N(CC(=O)c2ccccc2C)c2cc(C)ccc21. The summed E-state index contributed by atoms with van der Waals surface area (Å²) >= 11 is 0. The van der Waals surface area contributed by atoms with E-state index in [1.807, 2.05) is 32.0 Å². The summed E-state index contributed by atoms with van der Waals surface area (Å²) in [7, 11) is 0. The Morgan fingerprint density at radius 3 is 2.35 bits per heavy atom. The number of alkyl carbamates (subject to hydrolysis) is 1. The first-order valence-corrected chi connectivity index (χ1v) is 12.2. The van der Waals surface area contributed by atoms with E-state index in [2.05, 4.69) is 5.32 Å². The number of allylic oxidation sites excluding steroid dienone is 1. The predicted octanol–water partition coefficient (Wildman–Crippen LogP) is 4.73. The summed E-state index contributed by atoms with van der Waals surface area (Å²) < 4.78 is 5.38. The van der Waals surface area contributed by atoms with Gasteiger partial charge in [-0.2, -0.15) is 0 Å². The summed E-state index contributed by atoms with van der Waals surface area (Å²) in [6.45, 7) is 12.1. The van der Waals surface area contributed by atoms with Crippen LogP contribution in [-0.4, -0.2) is 48.4 Å². The number of nitrogens with zero attached hydrogens (tertiary/aromatic N) is 2. The van der Waals surface area contributed by atoms with Crippen molar-refractivity contribution in [1.82, 2.24) is 5.32 Å². The molecule has 0 saturated carbocycles. The number of hydrogen-bond acceptors (Lipinski definition) is 5. The van der Waals surface area contributed by atoms with Gasteiger partial charge in [-0.3, -0.25) is 14.4 Å². The number of Topliss-reactive ketones (excluding diaryl/α,β-unsaturated/α-hetero) is 1. The molecule has 3 rings (SSSR count). The molecule has 1 atom stereocenters. The summed E-state index contributed by atoms with van der Waals surface area (Å²) in [6.07, 6.45) is 0.694. The van der Waals surface area contributed by atoms with Gasteiger partial charge in [0.05, 0.1) is 24.5 Å². The molecule has 1 unspecified atom stereocenters. The van der Waals surface area contributed by atoms with Gasteiger partial charge in [0.15, 0.2) is 5.78 Å². The van der Waals surface area contributed by atoms with E-state index in [1.54, 1.807) is 58.9 Å². The molecular formula is C29H35N3O5. The van der Waals surface area contributed by atoms with Gasteiger partial charge in [0.1, 0.15) is 11.6 Å². The van der Waals surface area contributed by atoms with Gasteiger partial charge in [-0.15, -0.1) is 0 Å². The first kappa shape index (κ1) is 27.6. The maximum Gasteiger partial charge on any atom is 0.408 e. The Balaban J connectivity index is 2.11. The van der Waals surface area contributed by atoms with Gasteiger partial charge in [-0.1, -0.05) is 35.9 Å². The van der Waals surface area contributed by atoms with Crippen molar-refractivity contribution in [2.75, 3.05) is 22.9 Å². The van der Waals surface area contributed by atoms with E-state index in [0.717, 1.165) is 16.7 Å². The number of ketones is 1. The molecule has 196 valence electrons. The van der Waals surface area contributed by atoms with E-state index in [1.165, 1.54) is 15.9 Å². The predicted molar refractivity (Wildman–Crippen MR) is 144 cm³/mol. The van der Waals surface area contributed by atoms with Crippen LogP contribution < -0.4 is 15.1 Å². The van der Waals surface area contributed by atoms with E-state index in [4.69, 9.17) is 4.74 Å². The Hall–Kier alpha value is -3.94. The van der Waals surface area contributed by atoms with E-state index in [0.29, 0.717) is 16.9 Å². The molecule has 1 aliphatic heterocycles. The molecule has 8 heteroatoms. The number of rotatable bonds is 5. The fourth-order valence-electron chi connectivity index (χ4n) is 4.11. The first-order valence-electron chi connectivity index (χ1n) is 12.2. The van der Waals surface area contributed by atoms with Crippen LogP contribution in [0.15, 0.2) is 54.1 Å². The molecule has 0 saturated heterocycles. The van der Waals surface area contributed by atoms with Crippen molar-refractivity contribution >= 4 is 35.1 Å². The molecule has 0 aromatic heterocycles. The summed E-state index contributed by atoms with van der Waals surface area (Å²) in [4.78, 5) is 56.0. The molecule has 8 nitrogen and oxygen atoms in total. The fourth-order valence-corrected chi connectivity index (χ4v) is 4.11. The molecule has 1 N–H and O–H groups in total. The summed E-state index contributed by atoms with van der Waals surface area (Å²) in [5.74, 6) is -1.09. The molecule has 2 aromatic carbocycles. The van der Waals surface area contributed by atoms with Crippen molar-refractivity contribution in [3.05, 3.63) is 70.8 Å². The number of nitrogens with one attached hydrogen (secondary N) is 1. The number of aryl methyl sites for hydroxylation is 2. The lowest BCUT2D eigenvalue weighted by Gasteiger charge is -2.26. The van der Waals surface area contributed by atoms with Crippen LogP contribution >= 0.6 is 0 Å². The maximum atomic E-state index is 13.9. The summed E-state index contributed by atoms with van der Waals surface area (Å²) in [6, 6.07) is 11.4. The minimum Gasteiger partial charge on any atom is -0.444 e. The Kier molecular flexibility index (Phi) is 8.21. The van der Waals surface area contributed by atoms with E-state index >= 15 is 0 Å². The molecule has 2 aromatic rings. The quantitative estimate of drug-likeness (QED) is 0.468. The van der Waals surface area contributed by atoms with Crippen LogP contribution in [0.4, 0.5) is 16.2 Å². The topological polar surface area (TPSA) is 96.0 Å². The number of amides is 3. The number of hydrogen-bond donors (Lipinski definition) is 1. The third-order valence-electron chi connectivity index (χ3n) is 5.76. The number of benzene rings is 2. The minimum atomic E-state index is -1.14. The van der Waals surface area contributed by atoms with Crippen LogP contribution in [0.1, 0.15) is 56.1 Å². The van der Waals surface area contributed by atoms with Gasteiger partial charge < -0.3 is 19.9 Å². The summed E-state index contributed by atoms with van der Waals surface area (Å²) in [5.41, 5.74) is 3.07. The van der Waals surface area contributed by atoms with Crippen molar-refractivity contribution in [3.63, 3.8) is 0 Å². The monoisotopic (exact) mass is 505 g/mol. The van der Waals surface area contributed by atoms with Gasteiger partial charge in [0.2, 0.25) is 0 Å². The Labute approximate surface area is 218 Å². The lowest BCUT2D eigenvalue weighted by molar-refractivity contribution is -0.120. The van der Waals surface area contributed by atoms with Crippen LogP contribution in [0.3, 0.4) is 0 Å². The standard InChI is InChI=1S/C29H35N3O5/c1-18(2)14-26(34)31-16-22(30-28(36)37-29(5,6)7)27(35)32(24-15-19(3)12-13-23(24)31)17-25(33)21-11-9-8-10-20(21)4/h8-15,22H,16-17H2,1-7H3,(H,30,36). The molecule has 0 bridgehead atoms. The van der Waals surface area contributed by atoms with E-state index in [9.17, 15) is 19.2 Å². The lowest BCUT2D eigenvalue weighted by Crippen LogP contribution is -2.54. The number of anilines is 2. The zero-order chi connectivity index (χ0) is 27.5. The Morgan fingerprint density at radius 1 is 1.05 bits per heavy atom. The highest BCUT2D eigenvalue weighted by molar-refractivity contribution is 6.13. The van der Waals surface area contributed by atoms with Crippen LogP contribution in [0.2, 0.25) is 0 Å². The van der Waals surface area contributed by atoms with Gasteiger partial charge in [0.25, 0.3) is 11.8 Å². The van der Waals surface area contributed by atoms with Crippen molar-refractivity contribution < 1.29 is 23.9 Å². The van der Waals surface area contributed by atoms with Crippen molar-refractivity contribution in [2.24, 2.45) is 0 Å². The van der Waals surface area contributed by atoms with Gasteiger partial charge >= 0.3 is 6.09 Å². The molecule has 0 fully saturated rings. The number of carbonyl (C=O) groups excluding carboxylic acids is 4. The van der Waals surface area contributed by atoms with Gasteiger partial charge in [-0.05, 0) is 71.7 Å². The molecule has 37 heavy (non-hydrogen) atoms. The number of ether oxygens (including phenoxy) is 1. The lowest BCUT2D eigenvalue weighted by atomic mass is 10.0. The van der Waals surface area contributed by atoms with Crippen molar-refractivity contribution in [3.8, 4) is 0 Å². The average Bonchev–Trinajstić information content (AvgIpc) is 2.88. The average molecular weight is 506 g/mol. The Morgan fingerprint density at radius 2 is 1.73 bits per heavy atom. The maximum absolute atomic E-state index is 13.9. The highest BCUT2D eigenvalue weighted by Crippen LogP contribution is 2.34. The molecule has 0 radical (unpaired) electrons. The summed E-state index contributed by atoms with van der Waals surface area (Å²) in [5, 5.41) is 2.63. The second kappa shape index (κ2) is 11.0. The van der Waals surface area contributed by atoms with Crippen LogP contribution in [0, 0.1) is 13.8 Å². The van der Waals surface area contributed by atoms with E-state index in [-0.39, 0.29) is 24.8 Å². The third-order valence-corrected chi connectivity index (χ3v) is 5.76. The van der Waals surface area contributed by atoms with Crippen molar-refractivity contribution in [1.29, 1.82) is 0 Å². The van der Waals surface area contributed by atoms with Gasteiger partial charge in [0, 0.05) is 11.6 Å². The normalized spacial score (nSPS) is 15.4. The van der Waals surface area contributed by atoms with Gasteiger partial charge in [-0.25, -0.2) is 4.79 Å². The Bertz CT molecular complexity index is 1250. The van der Waals surface area contributed by atoms with E-state index < -0.39 is 23.6 Å². The molecular weight excluding hydrogens is 470 g/mol. The second-order valence-corrected chi connectivity index (χ2v) is 10.5. The number of fused-ring (bicyclic) bond motifs is 1. The highest BCUT2D eigenvalue weighted by Gasteiger charge is 2.38. The van der Waals surface area contributed by atoms with Crippen molar-refractivity contribution in [2.45, 2.75) is 60.1 Å². The smallest absolute Gasteiger partial charge is 0.408 e. The third kappa shape index (κ3) is 6.84. The molecule has 1 aliphatic rings. The second-order valence-electron chi connectivity index (χ2n) is 10.5. The first-order chi connectivity index (χ1) is 17.3.